The minimum absolute atomic E-state index is 0.00960. The molecule has 0 spiro atoms. The van der Waals surface area contributed by atoms with Crippen LogP contribution in [0.15, 0.2) is 36.4 Å². The summed E-state index contributed by atoms with van der Waals surface area (Å²) in [6.45, 7) is 1.12. The Morgan fingerprint density at radius 3 is 2.08 bits per heavy atom. The highest BCUT2D eigenvalue weighted by molar-refractivity contribution is 5.97. The Labute approximate surface area is 285 Å². The van der Waals surface area contributed by atoms with Gasteiger partial charge in [0.2, 0.25) is 11.8 Å². The third kappa shape index (κ3) is 8.84. The predicted octanol–water partition coefficient (Wildman–Crippen LogP) is 7.09. The number of nitrogens with two attached hydrogens (primary N) is 1. The van der Waals surface area contributed by atoms with Crippen molar-refractivity contribution in [2.24, 2.45) is 24.6 Å². The fourth-order valence-corrected chi connectivity index (χ4v) is 6.96. The lowest BCUT2D eigenvalue weighted by Gasteiger charge is -2.45. The van der Waals surface area contributed by atoms with E-state index in [1.54, 1.807) is 6.92 Å². The normalized spacial score (nSPS) is 21.3. The van der Waals surface area contributed by atoms with Crippen molar-refractivity contribution in [3.63, 3.8) is 0 Å². The number of primary amides is 1. The lowest BCUT2D eigenvalue weighted by Crippen LogP contribution is -2.50. The molecule has 0 radical (unpaired) electrons. The van der Waals surface area contributed by atoms with Crippen molar-refractivity contribution < 1.29 is 53.8 Å². The number of carbonyl (C=O) groups is 2. The first-order valence-corrected chi connectivity index (χ1v) is 16.0. The first-order valence-electron chi connectivity index (χ1n) is 16.0. The second kappa shape index (κ2) is 14.2. The van der Waals surface area contributed by atoms with Gasteiger partial charge in [0, 0.05) is 36.2 Å². The summed E-state index contributed by atoms with van der Waals surface area (Å²) in [4.78, 5) is 29.4. The Bertz CT molecular complexity index is 1700. The quantitative estimate of drug-likeness (QED) is 0.233. The van der Waals surface area contributed by atoms with Gasteiger partial charge >= 0.3 is 18.7 Å². The summed E-state index contributed by atoms with van der Waals surface area (Å²) in [7, 11) is 1.37. The Morgan fingerprint density at radius 2 is 1.57 bits per heavy atom. The van der Waals surface area contributed by atoms with Crippen molar-refractivity contribution in [1.29, 1.82) is 0 Å². The molecule has 1 aliphatic carbocycles. The number of aryl methyl sites for hydroxylation is 1. The maximum absolute atomic E-state index is 14.2. The molecule has 2 heterocycles. The molecule has 0 saturated heterocycles. The first kappa shape index (κ1) is 37.7. The van der Waals surface area contributed by atoms with Gasteiger partial charge in [-0.3, -0.25) is 9.59 Å². The van der Waals surface area contributed by atoms with E-state index in [1.165, 1.54) is 22.9 Å². The van der Waals surface area contributed by atoms with Gasteiger partial charge in [0.25, 0.3) is 5.95 Å². The van der Waals surface area contributed by atoms with Crippen molar-refractivity contribution in [2.45, 2.75) is 89.2 Å². The Kier molecular flexibility index (Phi) is 10.5. The molecule has 1 aromatic heterocycles. The molecule has 3 aromatic rings. The Morgan fingerprint density at radius 1 is 0.941 bits per heavy atom. The van der Waals surface area contributed by atoms with Crippen LogP contribution in [0.4, 0.5) is 51.1 Å². The van der Waals surface area contributed by atoms with Crippen LogP contribution in [-0.4, -0.2) is 44.4 Å². The number of alkyl halides is 9. The summed E-state index contributed by atoms with van der Waals surface area (Å²) in [6, 6.07) is 2.74. The monoisotopic (exact) mass is 735 g/mol. The molecule has 2 aromatic carbocycles. The Balaban J connectivity index is 1.61. The van der Waals surface area contributed by atoms with E-state index in [4.69, 9.17) is 5.73 Å². The number of hydrogen-bond acceptors (Lipinski definition) is 7. The zero-order chi connectivity index (χ0) is 37.5. The third-order valence-electron chi connectivity index (χ3n) is 9.24. The van der Waals surface area contributed by atoms with Gasteiger partial charge in [0.15, 0.2) is 0 Å². The number of anilines is 2. The lowest BCUT2D eigenvalue weighted by molar-refractivity contribution is -0.274. The highest BCUT2D eigenvalue weighted by Gasteiger charge is 2.43. The molecule has 1 fully saturated rings. The Hall–Kier alpha value is -4.58. The number of tetrazole rings is 1. The van der Waals surface area contributed by atoms with E-state index in [1.807, 2.05) is 0 Å². The lowest BCUT2D eigenvalue weighted by atomic mass is 9.78. The van der Waals surface area contributed by atoms with Crippen molar-refractivity contribution >= 4 is 23.5 Å². The van der Waals surface area contributed by atoms with Gasteiger partial charge in [-0.25, -0.2) is 0 Å². The average Bonchev–Trinajstić information content (AvgIpc) is 3.46. The van der Waals surface area contributed by atoms with Crippen LogP contribution in [0.1, 0.15) is 80.2 Å². The van der Waals surface area contributed by atoms with Crippen LogP contribution in [-0.2, 0) is 35.5 Å². The first-order chi connectivity index (χ1) is 23.7. The molecule has 19 heteroatoms. The number of ether oxygens (including phenoxy) is 1. The van der Waals surface area contributed by atoms with Gasteiger partial charge in [-0.2, -0.15) is 31.1 Å². The SMILES string of the molecule is CCC1CC(N(Cc2cc(C(F)(F)F)cc(C(F)(F)F)c2)c2nnn(C)n2)c2cc(OC(F)(F)F)ccc2N1C(=O)C1CCC(CC(N)=O)CC1. The van der Waals surface area contributed by atoms with Crippen molar-refractivity contribution in [1.82, 2.24) is 20.2 Å². The summed E-state index contributed by atoms with van der Waals surface area (Å²) in [5.41, 5.74) is 2.05. The number of rotatable bonds is 9. The molecule has 51 heavy (non-hydrogen) atoms. The summed E-state index contributed by atoms with van der Waals surface area (Å²) < 4.78 is 127. The minimum atomic E-state index is -5.14. The average molecular weight is 736 g/mol. The van der Waals surface area contributed by atoms with Crippen LogP contribution in [0, 0.1) is 11.8 Å². The van der Waals surface area contributed by atoms with Gasteiger partial charge in [-0.1, -0.05) is 12.0 Å². The molecule has 0 bridgehead atoms. The van der Waals surface area contributed by atoms with Crippen molar-refractivity contribution in [2.75, 3.05) is 9.80 Å². The topological polar surface area (TPSA) is 119 Å². The number of hydrogen-bond donors (Lipinski definition) is 1. The number of aromatic nitrogens is 4. The van der Waals surface area contributed by atoms with Gasteiger partial charge in [-0.15, -0.1) is 18.3 Å². The smallest absolute Gasteiger partial charge is 0.406 e. The molecule has 1 saturated carbocycles. The van der Waals surface area contributed by atoms with Crippen molar-refractivity contribution in [3.05, 3.63) is 58.7 Å². The number of carbonyl (C=O) groups excluding carboxylic acids is 2. The van der Waals surface area contributed by atoms with Crippen LogP contribution in [0.25, 0.3) is 0 Å². The standard InChI is InChI=1S/C32H34F9N7O3/c1-3-22-14-26(47(29-43-45-46(2)44-29)16-18-10-20(30(33,34)35)13-21(11-18)31(36,37)38)24-15-23(51-32(39,40)41)8-9-25(24)48(22)28(50)19-6-4-17(5-7-19)12-27(42)49/h8-11,13,15,17,19,22,26H,3-7,12,14,16H2,1-2H3,(H2,42,49). The number of halogens is 9. The summed E-state index contributed by atoms with van der Waals surface area (Å²) in [5, 5.41) is 11.8. The van der Waals surface area contributed by atoms with E-state index in [-0.39, 0.29) is 47.9 Å². The summed E-state index contributed by atoms with van der Waals surface area (Å²) in [6.07, 6.45) is -12.9. The van der Waals surface area contributed by atoms with Crippen molar-refractivity contribution in [3.8, 4) is 5.75 Å². The van der Waals surface area contributed by atoms with Crippen LogP contribution in [0.3, 0.4) is 0 Å². The number of nitrogens with zero attached hydrogens (tertiary/aromatic N) is 6. The zero-order valence-corrected chi connectivity index (χ0v) is 27.3. The van der Waals surface area contributed by atoms with E-state index in [0.717, 1.165) is 16.9 Å². The number of fused-ring (bicyclic) bond motifs is 1. The van der Waals surface area contributed by atoms with E-state index < -0.39 is 71.6 Å². The second-order valence-electron chi connectivity index (χ2n) is 12.8. The van der Waals surface area contributed by atoms with E-state index in [9.17, 15) is 49.1 Å². The van der Waals surface area contributed by atoms with Crippen LogP contribution < -0.4 is 20.3 Å². The molecular formula is C32H34F9N7O3. The van der Waals surface area contributed by atoms with E-state index in [2.05, 4.69) is 20.1 Å². The number of amides is 2. The fourth-order valence-electron chi connectivity index (χ4n) is 6.96. The van der Waals surface area contributed by atoms with Crippen LogP contribution >= 0.6 is 0 Å². The summed E-state index contributed by atoms with van der Waals surface area (Å²) in [5.74, 6) is -2.13. The van der Waals surface area contributed by atoms with Gasteiger partial charge < -0.3 is 20.3 Å². The van der Waals surface area contributed by atoms with Gasteiger partial charge in [0.1, 0.15) is 5.75 Å². The van der Waals surface area contributed by atoms with Gasteiger partial charge in [0.05, 0.1) is 24.2 Å². The van der Waals surface area contributed by atoms with E-state index in [0.29, 0.717) is 44.2 Å². The molecule has 2 atom stereocenters. The molecule has 1 aliphatic heterocycles. The molecule has 2 amide bonds. The fraction of sp³-hybridized carbons (Fsp3) is 0.531. The number of benzene rings is 2. The minimum Gasteiger partial charge on any atom is -0.406 e. The molecule has 5 rings (SSSR count). The highest BCUT2D eigenvalue weighted by Crippen LogP contribution is 2.47. The van der Waals surface area contributed by atoms with Crippen LogP contribution in [0.5, 0.6) is 5.75 Å². The predicted molar refractivity (Wildman–Crippen MR) is 163 cm³/mol. The molecule has 278 valence electrons. The van der Waals surface area contributed by atoms with Gasteiger partial charge in [-0.05, 0) is 91.6 Å². The highest BCUT2D eigenvalue weighted by atomic mass is 19.4. The zero-order valence-electron chi connectivity index (χ0n) is 27.3. The largest absolute Gasteiger partial charge is 0.573 e. The molecular weight excluding hydrogens is 701 g/mol. The summed E-state index contributed by atoms with van der Waals surface area (Å²) >= 11 is 0. The maximum atomic E-state index is 14.2. The molecule has 10 nitrogen and oxygen atoms in total. The molecule has 2 unspecified atom stereocenters. The molecule has 2 aliphatic rings. The second-order valence-corrected chi connectivity index (χ2v) is 12.8. The maximum Gasteiger partial charge on any atom is 0.573 e. The van der Waals surface area contributed by atoms with E-state index >= 15 is 0 Å². The third-order valence-corrected chi connectivity index (χ3v) is 9.24. The van der Waals surface area contributed by atoms with Crippen LogP contribution in [0.2, 0.25) is 0 Å². The molecule has 2 N–H and O–H groups in total.